The van der Waals surface area contributed by atoms with Crippen molar-refractivity contribution >= 4 is 17.7 Å². The number of carboxylic acids is 1. The second-order valence-corrected chi connectivity index (χ2v) is 5.23. The van der Waals surface area contributed by atoms with Gasteiger partial charge in [-0.25, -0.2) is 0 Å². The van der Waals surface area contributed by atoms with Crippen LogP contribution in [0, 0.1) is 19.8 Å². The van der Waals surface area contributed by atoms with Crippen molar-refractivity contribution in [2.45, 2.75) is 25.7 Å². The molecule has 1 atom stereocenters. The first-order valence-electron chi connectivity index (χ1n) is 5.46. The van der Waals surface area contributed by atoms with Crippen LogP contribution in [0.15, 0.2) is 17.0 Å². The zero-order valence-electron chi connectivity index (χ0n) is 10.6. The van der Waals surface area contributed by atoms with Crippen LogP contribution in [0.1, 0.15) is 18.1 Å². The molecule has 0 saturated carbocycles. The van der Waals surface area contributed by atoms with Gasteiger partial charge in [0.05, 0.1) is 13.0 Å². The predicted octanol–water partition coefficient (Wildman–Crippen LogP) is 3.12. The molecular formula is C13H18O3S. The lowest BCUT2D eigenvalue weighted by atomic mass is 10.1. The van der Waals surface area contributed by atoms with E-state index < -0.39 is 5.97 Å². The van der Waals surface area contributed by atoms with Crippen molar-refractivity contribution in [2.75, 3.05) is 12.9 Å². The fourth-order valence-corrected chi connectivity index (χ4v) is 2.71. The van der Waals surface area contributed by atoms with Crippen LogP contribution in [-0.4, -0.2) is 23.9 Å². The summed E-state index contributed by atoms with van der Waals surface area (Å²) in [7, 11) is 1.66. The Bertz CT molecular complexity index is 392. The number of benzene rings is 1. The van der Waals surface area contributed by atoms with Crippen molar-refractivity contribution in [3.8, 4) is 5.75 Å². The number of ether oxygens (including phenoxy) is 1. The summed E-state index contributed by atoms with van der Waals surface area (Å²) in [4.78, 5) is 11.8. The van der Waals surface area contributed by atoms with E-state index in [0.717, 1.165) is 21.8 Å². The minimum Gasteiger partial charge on any atom is -0.496 e. The number of aliphatic carboxylic acids is 1. The van der Waals surface area contributed by atoms with Gasteiger partial charge < -0.3 is 9.84 Å². The number of hydrogen-bond donors (Lipinski definition) is 1. The van der Waals surface area contributed by atoms with Crippen molar-refractivity contribution in [1.82, 2.24) is 0 Å². The van der Waals surface area contributed by atoms with Gasteiger partial charge in [0.15, 0.2) is 0 Å². The van der Waals surface area contributed by atoms with Gasteiger partial charge >= 0.3 is 5.97 Å². The van der Waals surface area contributed by atoms with Gasteiger partial charge in [-0.3, -0.25) is 4.79 Å². The molecule has 0 bridgehead atoms. The molecule has 0 aliphatic heterocycles. The van der Waals surface area contributed by atoms with Crippen LogP contribution >= 0.6 is 11.8 Å². The molecule has 0 amide bonds. The molecule has 0 heterocycles. The average Bonchev–Trinajstić information content (AvgIpc) is 2.25. The highest BCUT2D eigenvalue weighted by molar-refractivity contribution is 7.99. The van der Waals surface area contributed by atoms with Gasteiger partial charge in [0.25, 0.3) is 0 Å². The smallest absolute Gasteiger partial charge is 0.307 e. The number of carbonyl (C=O) groups is 1. The molecule has 1 aromatic rings. The third-order valence-electron chi connectivity index (χ3n) is 2.56. The number of hydrogen-bond acceptors (Lipinski definition) is 3. The molecule has 0 radical (unpaired) electrons. The standard InChI is InChI=1S/C13H18O3S/c1-8-5-11(6-9(2)12(8)16-4)17-7-10(3)13(14)15/h5-6,10H,7H2,1-4H3,(H,14,15). The van der Waals surface area contributed by atoms with Gasteiger partial charge in [-0.1, -0.05) is 6.92 Å². The maximum atomic E-state index is 10.7. The van der Waals surface area contributed by atoms with Crippen molar-refractivity contribution in [1.29, 1.82) is 0 Å². The van der Waals surface area contributed by atoms with Gasteiger partial charge in [0.2, 0.25) is 0 Å². The number of methoxy groups -OCH3 is 1. The van der Waals surface area contributed by atoms with E-state index in [4.69, 9.17) is 9.84 Å². The molecular weight excluding hydrogens is 236 g/mol. The van der Waals surface area contributed by atoms with Crippen LogP contribution in [0.5, 0.6) is 5.75 Å². The highest BCUT2D eigenvalue weighted by Crippen LogP contribution is 2.30. The fourth-order valence-electron chi connectivity index (χ4n) is 1.61. The Hall–Kier alpha value is -1.16. The molecule has 0 spiro atoms. The van der Waals surface area contributed by atoms with Crippen molar-refractivity contribution in [2.24, 2.45) is 5.92 Å². The molecule has 1 unspecified atom stereocenters. The fraction of sp³-hybridized carbons (Fsp3) is 0.462. The Labute approximate surface area is 106 Å². The maximum absolute atomic E-state index is 10.7. The Morgan fingerprint density at radius 1 is 1.41 bits per heavy atom. The summed E-state index contributed by atoms with van der Waals surface area (Å²) in [6, 6.07) is 4.07. The van der Waals surface area contributed by atoms with Crippen molar-refractivity contribution in [3.05, 3.63) is 23.3 Å². The van der Waals surface area contributed by atoms with Crippen LogP contribution in [0.2, 0.25) is 0 Å². The Morgan fingerprint density at radius 2 is 1.94 bits per heavy atom. The number of aryl methyl sites for hydroxylation is 2. The SMILES string of the molecule is COc1c(C)cc(SCC(C)C(=O)O)cc1C. The van der Waals surface area contributed by atoms with E-state index in [1.54, 1.807) is 25.8 Å². The van der Waals surface area contributed by atoms with Gasteiger partial charge in [-0.05, 0) is 37.1 Å². The molecule has 0 aliphatic rings. The Morgan fingerprint density at radius 3 is 2.35 bits per heavy atom. The molecule has 0 aliphatic carbocycles. The summed E-state index contributed by atoms with van der Waals surface area (Å²) in [5, 5.41) is 8.82. The number of rotatable bonds is 5. The average molecular weight is 254 g/mol. The minimum atomic E-state index is -0.751. The molecule has 1 aromatic carbocycles. The van der Waals surface area contributed by atoms with Gasteiger partial charge in [-0.2, -0.15) is 0 Å². The quantitative estimate of drug-likeness (QED) is 0.820. The lowest BCUT2D eigenvalue weighted by Gasteiger charge is -2.12. The molecule has 0 aromatic heterocycles. The first kappa shape index (κ1) is 13.9. The van der Waals surface area contributed by atoms with Gasteiger partial charge in [0, 0.05) is 10.6 Å². The zero-order valence-corrected chi connectivity index (χ0v) is 11.4. The molecule has 4 heteroatoms. The summed E-state index contributed by atoms with van der Waals surface area (Å²) in [5.74, 6) is 0.406. The largest absolute Gasteiger partial charge is 0.496 e. The van der Waals surface area contributed by atoms with E-state index in [1.165, 1.54) is 0 Å². The van der Waals surface area contributed by atoms with E-state index in [1.807, 2.05) is 26.0 Å². The van der Waals surface area contributed by atoms with Crippen LogP contribution in [0.25, 0.3) is 0 Å². The zero-order chi connectivity index (χ0) is 13.0. The molecule has 1 rings (SSSR count). The normalized spacial score (nSPS) is 12.2. The van der Waals surface area contributed by atoms with Crippen molar-refractivity contribution in [3.63, 3.8) is 0 Å². The molecule has 1 N–H and O–H groups in total. The van der Waals surface area contributed by atoms with Crippen LogP contribution in [0.3, 0.4) is 0 Å². The molecule has 94 valence electrons. The van der Waals surface area contributed by atoms with E-state index >= 15 is 0 Å². The van der Waals surface area contributed by atoms with E-state index in [0.29, 0.717) is 5.75 Å². The second kappa shape index (κ2) is 5.96. The highest BCUT2D eigenvalue weighted by Gasteiger charge is 2.12. The summed E-state index contributed by atoms with van der Waals surface area (Å²) in [6.45, 7) is 5.71. The molecule has 0 fully saturated rings. The Balaban J connectivity index is 2.77. The van der Waals surface area contributed by atoms with Crippen LogP contribution in [0.4, 0.5) is 0 Å². The Kier molecular flexibility index (Phi) is 4.87. The van der Waals surface area contributed by atoms with Crippen LogP contribution < -0.4 is 4.74 Å². The third kappa shape index (κ3) is 3.66. The van der Waals surface area contributed by atoms with Crippen LogP contribution in [-0.2, 0) is 4.79 Å². The number of thioether (sulfide) groups is 1. The monoisotopic (exact) mass is 254 g/mol. The van der Waals surface area contributed by atoms with Crippen molar-refractivity contribution < 1.29 is 14.6 Å². The van der Waals surface area contributed by atoms with Gasteiger partial charge in [-0.15, -0.1) is 11.8 Å². The summed E-state index contributed by atoms with van der Waals surface area (Å²) in [6.07, 6.45) is 0. The lowest BCUT2D eigenvalue weighted by molar-refractivity contribution is -0.140. The van der Waals surface area contributed by atoms with E-state index in [2.05, 4.69) is 0 Å². The first-order valence-corrected chi connectivity index (χ1v) is 6.45. The first-order chi connectivity index (χ1) is 7.95. The summed E-state index contributed by atoms with van der Waals surface area (Å²) >= 11 is 1.57. The maximum Gasteiger partial charge on any atom is 0.307 e. The highest BCUT2D eigenvalue weighted by atomic mass is 32.2. The second-order valence-electron chi connectivity index (χ2n) is 4.14. The van der Waals surface area contributed by atoms with E-state index in [-0.39, 0.29) is 5.92 Å². The topological polar surface area (TPSA) is 46.5 Å². The summed E-state index contributed by atoms with van der Waals surface area (Å²) in [5.41, 5.74) is 2.16. The summed E-state index contributed by atoms with van der Waals surface area (Å²) < 4.78 is 5.29. The number of carboxylic acid groups (broad SMARTS) is 1. The lowest BCUT2D eigenvalue weighted by Crippen LogP contribution is -2.11. The van der Waals surface area contributed by atoms with E-state index in [9.17, 15) is 4.79 Å². The molecule has 3 nitrogen and oxygen atoms in total. The molecule has 17 heavy (non-hydrogen) atoms. The third-order valence-corrected chi connectivity index (χ3v) is 3.80. The minimum absolute atomic E-state index is 0.331. The van der Waals surface area contributed by atoms with Gasteiger partial charge in [0.1, 0.15) is 5.75 Å². The predicted molar refractivity (Wildman–Crippen MR) is 70.0 cm³/mol. The molecule has 0 saturated heterocycles.